The van der Waals surface area contributed by atoms with Gasteiger partial charge in [-0.2, -0.15) is 0 Å². The topological polar surface area (TPSA) is 80.6 Å². The normalized spacial score (nSPS) is 10.6. The van der Waals surface area contributed by atoms with Gasteiger partial charge in [-0.15, -0.1) is 0 Å². The molecule has 2 aromatic heterocycles. The zero-order valence-corrected chi connectivity index (χ0v) is 8.52. The molecular weight excluding hydrogens is 250 g/mol. The van der Waals surface area contributed by atoms with Gasteiger partial charge >= 0.3 is 5.97 Å². The van der Waals surface area contributed by atoms with Crippen LogP contribution in [0.3, 0.4) is 0 Å². The van der Waals surface area contributed by atoms with Crippen LogP contribution in [0.25, 0.3) is 5.52 Å². The number of carbonyl (C=O) groups is 1. The minimum atomic E-state index is -1.09. The SMILES string of the molecule is Nc1cccn2c(C(=O)O)nc(Br)c12. The number of nitrogen functional groups attached to an aromatic ring is 1. The fraction of sp³-hybridized carbons (Fsp3) is 0. The molecule has 6 heteroatoms. The van der Waals surface area contributed by atoms with E-state index in [1.54, 1.807) is 18.3 Å². The molecule has 0 atom stereocenters. The zero-order chi connectivity index (χ0) is 10.3. The molecule has 0 aromatic carbocycles. The molecule has 0 unspecified atom stereocenters. The summed E-state index contributed by atoms with van der Waals surface area (Å²) in [7, 11) is 0. The Morgan fingerprint density at radius 1 is 1.64 bits per heavy atom. The van der Waals surface area contributed by atoms with E-state index < -0.39 is 5.97 Å². The monoisotopic (exact) mass is 255 g/mol. The number of pyridine rings is 1. The number of imidazole rings is 1. The Bertz CT molecular complexity index is 521. The van der Waals surface area contributed by atoms with Crippen molar-refractivity contribution in [3.8, 4) is 0 Å². The van der Waals surface area contributed by atoms with Crippen molar-refractivity contribution in [1.29, 1.82) is 0 Å². The predicted octanol–water partition coefficient (Wildman–Crippen LogP) is 1.38. The lowest BCUT2D eigenvalue weighted by atomic mass is 10.3. The van der Waals surface area contributed by atoms with Gasteiger partial charge in [0.1, 0.15) is 10.1 Å². The number of hydrogen-bond donors (Lipinski definition) is 2. The van der Waals surface area contributed by atoms with E-state index in [1.165, 1.54) is 4.40 Å². The molecule has 0 amide bonds. The van der Waals surface area contributed by atoms with Crippen molar-refractivity contribution in [3.05, 3.63) is 28.8 Å². The van der Waals surface area contributed by atoms with Gasteiger partial charge in [0.2, 0.25) is 5.82 Å². The van der Waals surface area contributed by atoms with Gasteiger partial charge in [-0.25, -0.2) is 9.78 Å². The highest BCUT2D eigenvalue weighted by Crippen LogP contribution is 2.23. The highest BCUT2D eigenvalue weighted by molar-refractivity contribution is 9.10. The van der Waals surface area contributed by atoms with Crippen LogP contribution in [-0.2, 0) is 0 Å². The first-order valence-electron chi connectivity index (χ1n) is 3.76. The van der Waals surface area contributed by atoms with Gasteiger partial charge in [0.15, 0.2) is 0 Å². The van der Waals surface area contributed by atoms with Gasteiger partial charge in [0.25, 0.3) is 0 Å². The molecule has 2 aromatic rings. The molecule has 2 heterocycles. The maximum Gasteiger partial charge on any atom is 0.372 e. The van der Waals surface area contributed by atoms with Crippen molar-refractivity contribution in [2.24, 2.45) is 0 Å². The molecule has 14 heavy (non-hydrogen) atoms. The molecule has 0 saturated heterocycles. The first kappa shape index (κ1) is 9.01. The smallest absolute Gasteiger partial charge is 0.372 e. The molecule has 3 N–H and O–H groups in total. The Morgan fingerprint density at radius 2 is 2.36 bits per heavy atom. The highest BCUT2D eigenvalue weighted by atomic mass is 79.9. The number of aromatic nitrogens is 2. The number of anilines is 1. The van der Waals surface area contributed by atoms with Crippen LogP contribution in [0.2, 0.25) is 0 Å². The summed E-state index contributed by atoms with van der Waals surface area (Å²) in [6.07, 6.45) is 1.60. The summed E-state index contributed by atoms with van der Waals surface area (Å²) in [5.74, 6) is -1.14. The van der Waals surface area contributed by atoms with Crippen LogP contribution in [-0.4, -0.2) is 20.5 Å². The highest BCUT2D eigenvalue weighted by Gasteiger charge is 2.15. The lowest BCUT2D eigenvalue weighted by Gasteiger charge is -1.98. The molecule has 0 spiro atoms. The Labute approximate surface area is 87.3 Å². The molecule has 2 rings (SSSR count). The number of hydrogen-bond acceptors (Lipinski definition) is 3. The number of nitrogens with zero attached hydrogens (tertiary/aromatic N) is 2. The van der Waals surface area contributed by atoms with Crippen LogP contribution < -0.4 is 5.73 Å². The van der Waals surface area contributed by atoms with Gasteiger partial charge in [-0.1, -0.05) is 0 Å². The minimum absolute atomic E-state index is 0.0563. The van der Waals surface area contributed by atoms with Crippen LogP contribution in [0, 0.1) is 0 Å². The Hall–Kier alpha value is -1.56. The van der Waals surface area contributed by atoms with Crippen molar-refractivity contribution < 1.29 is 9.90 Å². The van der Waals surface area contributed by atoms with Crippen LogP contribution in [0.5, 0.6) is 0 Å². The largest absolute Gasteiger partial charge is 0.475 e. The average Bonchev–Trinajstić information content (AvgIpc) is 2.45. The van der Waals surface area contributed by atoms with Crippen molar-refractivity contribution in [1.82, 2.24) is 9.38 Å². The van der Waals surface area contributed by atoms with Gasteiger partial charge in [-0.05, 0) is 28.1 Å². The van der Waals surface area contributed by atoms with E-state index in [2.05, 4.69) is 20.9 Å². The van der Waals surface area contributed by atoms with E-state index in [9.17, 15) is 4.79 Å². The number of carboxylic acid groups (broad SMARTS) is 1. The van der Waals surface area contributed by atoms with Crippen LogP contribution in [0.4, 0.5) is 5.69 Å². The van der Waals surface area contributed by atoms with E-state index in [0.29, 0.717) is 15.8 Å². The van der Waals surface area contributed by atoms with E-state index in [0.717, 1.165) is 0 Å². The second-order valence-corrected chi connectivity index (χ2v) is 3.46. The third kappa shape index (κ3) is 1.15. The fourth-order valence-electron chi connectivity index (χ4n) is 1.27. The number of halogens is 1. The third-order valence-corrected chi connectivity index (χ3v) is 2.40. The molecule has 0 aliphatic rings. The molecule has 0 radical (unpaired) electrons. The van der Waals surface area contributed by atoms with Gasteiger partial charge in [0.05, 0.1) is 5.69 Å². The molecule has 0 saturated carbocycles. The van der Waals surface area contributed by atoms with Gasteiger partial charge in [-0.3, -0.25) is 4.40 Å². The van der Waals surface area contributed by atoms with Gasteiger partial charge < -0.3 is 10.8 Å². The lowest BCUT2D eigenvalue weighted by Crippen LogP contribution is -2.03. The summed E-state index contributed by atoms with van der Waals surface area (Å²) in [4.78, 5) is 14.6. The second kappa shape index (κ2) is 2.98. The summed E-state index contributed by atoms with van der Waals surface area (Å²) >= 11 is 3.16. The molecule has 0 fully saturated rings. The summed E-state index contributed by atoms with van der Waals surface area (Å²) in [6, 6.07) is 3.36. The quantitative estimate of drug-likeness (QED) is 0.807. The zero-order valence-electron chi connectivity index (χ0n) is 6.94. The molecular formula is C8H6BrN3O2. The van der Waals surface area contributed by atoms with Crippen molar-refractivity contribution in [2.75, 3.05) is 5.73 Å². The first-order valence-corrected chi connectivity index (χ1v) is 4.56. The predicted molar refractivity (Wildman–Crippen MR) is 54.3 cm³/mol. The second-order valence-electron chi connectivity index (χ2n) is 2.71. The lowest BCUT2D eigenvalue weighted by molar-refractivity contribution is 0.0682. The third-order valence-electron chi connectivity index (χ3n) is 1.84. The van der Waals surface area contributed by atoms with E-state index in [4.69, 9.17) is 10.8 Å². The average molecular weight is 256 g/mol. The Morgan fingerprint density at radius 3 is 3.00 bits per heavy atom. The van der Waals surface area contributed by atoms with Crippen molar-refractivity contribution in [3.63, 3.8) is 0 Å². The maximum atomic E-state index is 10.8. The van der Waals surface area contributed by atoms with Crippen LogP contribution >= 0.6 is 15.9 Å². The van der Waals surface area contributed by atoms with Gasteiger partial charge in [0, 0.05) is 6.20 Å². The number of nitrogens with two attached hydrogens (primary N) is 1. The van der Waals surface area contributed by atoms with E-state index in [-0.39, 0.29) is 5.82 Å². The molecule has 0 bridgehead atoms. The standard InChI is InChI=1S/C8H6BrN3O2/c9-6-5-4(10)2-1-3-12(5)7(11-6)8(13)14/h1-3H,10H2,(H,13,14). The maximum absolute atomic E-state index is 10.8. The number of carboxylic acids is 1. The number of fused-ring (bicyclic) bond motifs is 1. The number of aromatic carboxylic acids is 1. The summed E-state index contributed by atoms with van der Waals surface area (Å²) in [5.41, 5.74) is 6.75. The molecule has 0 aliphatic carbocycles. The van der Waals surface area contributed by atoms with Crippen LogP contribution in [0.15, 0.2) is 22.9 Å². The summed E-state index contributed by atoms with van der Waals surface area (Å²) in [6.45, 7) is 0. The number of rotatable bonds is 1. The summed E-state index contributed by atoms with van der Waals surface area (Å²) < 4.78 is 1.87. The van der Waals surface area contributed by atoms with Crippen molar-refractivity contribution >= 4 is 33.1 Å². The summed E-state index contributed by atoms with van der Waals surface area (Å²) in [5, 5.41) is 8.84. The first-order chi connectivity index (χ1) is 6.61. The van der Waals surface area contributed by atoms with Crippen LogP contribution in [0.1, 0.15) is 10.6 Å². The molecule has 72 valence electrons. The minimum Gasteiger partial charge on any atom is -0.475 e. The Balaban J connectivity index is 2.91. The fourth-order valence-corrected chi connectivity index (χ4v) is 1.86. The molecule has 5 nitrogen and oxygen atoms in total. The van der Waals surface area contributed by atoms with Crippen molar-refractivity contribution in [2.45, 2.75) is 0 Å². The van der Waals surface area contributed by atoms with E-state index >= 15 is 0 Å². The Kier molecular flexibility index (Phi) is 1.92. The molecule has 0 aliphatic heterocycles. The van der Waals surface area contributed by atoms with E-state index in [1.807, 2.05) is 0 Å².